The van der Waals surface area contributed by atoms with Crippen molar-refractivity contribution < 1.29 is 5.11 Å². The predicted octanol–water partition coefficient (Wildman–Crippen LogP) is 2.98. The first-order valence-electron chi connectivity index (χ1n) is 6.77. The zero-order valence-corrected chi connectivity index (χ0v) is 12.1. The van der Waals surface area contributed by atoms with Crippen molar-refractivity contribution in [1.82, 2.24) is 5.32 Å². The molecule has 1 saturated carbocycles. The molecule has 0 aliphatic heterocycles. The SMILES string of the molecule is CCNC1(CO)CCC(Sc2ccc(C)cc2)C1. The van der Waals surface area contributed by atoms with Gasteiger partial charge in [0.15, 0.2) is 0 Å². The lowest BCUT2D eigenvalue weighted by molar-refractivity contribution is 0.167. The maximum absolute atomic E-state index is 9.60. The number of aliphatic hydroxyl groups is 1. The highest BCUT2D eigenvalue weighted by Crippen LogP contribution is 2.40. The van der Waals surface area contributed by atoms with Gasteiger partial charge in [0.1, 0.15) is 0 Å². The Morgan fingerprint density at radius 1 is 1.39 bits per heavy atom. The molecule has 2 N–H and O–H groups in total. The molecular formula is C15H23NOS. The third-order valence-electron chi connectivity index (χ3n) is 3.74. The smallest absolute Gasteiger partial charge is 0.0613 e. The Bertz CT molecular complexity index is 379. The molecule has 0 radical (unpaired) electrons. The zero-order chi connectivity index (χ0) is 13.0. The summed E-state index contributed by atoms with van der Waals surface area (Å²) in [5, 5.41) is 13.7. The quantitative estimate of drug-likeness (QED) is 0.858. The number of thioether (sulfide) groups is 1. The van der Waals surface area contributed by atoms with Crippen LogP contribution < -0.4 is 5.32 Å². The van der Waals surface area contributed by atoms with Crippen LogP contribution in [-0.2, 0) is 0 Å². The van der Waals surface area contributed by atoms with Gasteiger partial charge in [-0.1, -0.05) is 24.6 Å². The van der Waals surface area contributed by atoms with Crippen molar-refractivity contribution in [3.63, 3.8) is 0 Å². The highest BCUT2D eigenvalue weighted by Gasteiger charge is 2.38. The van der Waals surface area contributed by atoms with E-state index in [0.29, 0.717) is 5.25 Å². The van der Waals surface area contributed by atoms with Crippen LogP contribution in [0.15, 0.2) is 29.2 Å². The lowest BCUT2D eigenvalue weighted by Gasteiger charge is -2.28. The molecule has 18 heavy (non-hydrogen) atoms. The van der Waals surface area contributed by atoms with E-state index in [9.17, 15) is 5.11 Å². The number of hydrogen-bond donors (Lipinski definition) is 2. The Kier molecular flexibility index (Phi) is 4.71. The molecule has 0 amide bonds. The van der Waals surface area contributed by atoms with Crippen LogP contribution in [0.2, 0.25) is 0 Å². The van der Waals surface area contributed by atoms with Crippen molar-refractivity contribution in [3.8, 4) is 0 Å². The summed E-state index contributed by atoms with van der Waals surface area (Å²) in [6.45, 7) is 5.41. The Balaban J connectivity index is 1.94. The minimum Gasteiger partial charge on any atom is -0.394 e. The molecule has 2 unspecified atom stereocenters. The zero-order valence-electron chi connectivity index (χ0n) is 11.3. The molecule has 0 bridgehead atoms. The number of benzene rings is 1. The molecule has 1 aliphatic rings. The first-order valence-corrected chi connectivity index (χ1v) is 7.64. The van der Waals surface area contributed by atoms with Crippen LogP contribution in [0.25, 0.3) is 0 Å². The molecular weight excluding hydrogens is 242 g/mol. The Morgan fingerprint density at radius 2 is 2.11 bits per heavy atom. The molecule has 1 aliphatic carbocycles. The third-order valence-corrected chi connectivity index (χ3v) is 5.02. The van der Waals surface area contributed by atoms with Crippen molar-refractivity contribution in [2.45, 2.75) is 48.8 Å². The van der Waals surface area contributed by atoms with Gasteiger partial charge in [-0.15, -0.1) is 11.8 Å². The van der Waals surface area contributed by atoms with E-state index in [1.807, 2.05) is 11.8 Å². The van der Waals surface area contributed by atoms with E-state index in [0.717, 1.165) is 19.4 Å². The second-order valence-electron chi connectivity index (χ2n) is 5.26. The molecule has 0 aromatic heterocycles. The van der Waals surface area contributed by atoms with Crippen LogP contribution in [-0.4, -0.2) is 29.0 Å². The monoisotopic (exact) mass is 265 g/mol. The van der Waals surface area contributed by atoms with Crippen LogP contribution in [0.4, 0.5) is 0 Å². The molecule has 2 atom stereocenters. The lowest BCUT2D eigenvalue weighted by atomic mass is 9.99. The van der Waals surface area contributed by atoms with Crippen LogP contribution in [0.1, 0.15) is 31.7 Å². The van der Waals surface area contributed by atoms with Gasteiger partial charge in [0, 0.05) is 15.7 Å². The summed E-state index contributed by atoms with van der Waals surface area (Å²) in [6, 6.07) is 8.74. The van der Waals surface area contributed by atoms with Gasteiger partial charge in [0.05, 0.1) is 6.61 Å². The average Bonchev–Trinajstić information content (AvgIpc) is 2.77. The van der Waals surface area contributed by atoms with Crippen LogP contribution in [0, 0.1) is 6.92 Å². The van der Waals surface area contributed by atoms with E-state index in [1.54, 1.807) is 0 Å². The molecule has 1 fully saturated rings. The maximum Gasteiger partial charge on any atom is 0.0613 e. The van der Waals surface area contributed by atoms with Crippen molar-refractivity contribution in [2.75, 3.05) is 13.2 Å². The normalized spacial score (nSPS) is 27.6. The van der Waals surface area contributed by atoms with Crippen molar-refractivity contribution in [3.05, 3.63) is 29.8 Å². The first kappa shape index (κ1) is 13.9. The number of hydrogen-bond acceptors (Lipinski definition) is 3. The summed E-state index contributed by atoms with van der Waals surface area (Å²) in [5.74, 6) is 0. The highest BCUT2D eigenvalue weighted by atomic mass is 32.2. The van der Waals surface area contributed by atoms with Crippen molar-refractivity contribution in [2.24, 2.45) is 0 Å². The first-order chi connectivity index (χ1) is 8.67. The fraction of sp³-hybridized carbons (Fsp3) is 0.600. The number of likely N-dealkylation sites (N-methyl/N-ethyl adjacent to an activating group) is 1. The molecule has 0 spiro atoms. The van der Waals surface area contributed by atoms with E-state index < -0.39 is 0 Å². The van der Waals surface area contributed by atoms with Crippen molar-refractivity contribution in [1.29, 1.82) is 0 Å². The average molecular weight is 265 g/mol. The standard InChI is InChI=1S/C15H23NOS/c1-3-16-15(11-17)9-8-14(10-15)18-13-6-4-12(2)5-7-13/h4-7,14,16-17H,3,8-11H2,1-2H3. The highest BCUT2D eigenvalue weighted by molar-refractivity contribution is 8.00. The fourth-order valence-electron chi connectivity index (χ4n) is 2.72. The van der Waals surface area contributed by atoms with Crippen molar-refractivity contribution >= 4 is 11.8 Å². The number of rotatable bonds is 5. The van der Waals surface area contributed by atoms with E-state index in [-0.39, 0.29) is 12.1 Å². The van der Waals surface area contributed by atoms with Gasteiger partial charge >= 0.3 is 0 Å². The van der Waals surface area contributed by atoms with Crippen LogP contribution in [0.5, 0.6) is 0 Å². The maximum atomic E-state index is 9.60. The summed E-state index contributed by atoms with van der Waals surface area (Å²) >= 11 is 1.95. The van der Waals surface area contributed by atoms with Gasteiger partial charge in [0.2, 0.25) is 0 Å². The summed E-state index contributed by atoms with van der Waals surface area (Å²) in [6.07, 6.45) is 3.34. The Labute approximate surface area is 114 Å². The molecule has 2 rings (SSSR count). The lowest BCUT2D eigenvalue weighted by Crippen LogP contribution is -2.46. The second-order valence-corrected chi connectivity index (χ2v) is 6.64. The van der Waals surface area contributed by atoms with E-state index >= 15 is 0 Å². The van der Waals surface area contributed by atoms with Gasteiger partial charge in [-0.25, -0.2) is 0 Å². The van der Waals surface area contributed by atoms with Gasteiger partial charge in [-0.3, -0.25) is 0 Å². The second kappa shape index (κ2) is 6.09. The topological polar surface area (TPSA) is 32.3 Å². The molecule has 2 nitrogen and oxygen atoms in total. The van der Waals surface area contributed by atoms with Gasteiger partial charge in [-0.2, -0.15) is 0 Å². The summed E-state index contributed by atoms with van der Waals surface area (Å²) in [5.41, 5.74) is 1.28. The van der Waals surface area contributed by atoms with Gasteiger partial charge in [0.25, 0.3) is 0 Å². The fourth-order valence-corrected chi connectivity index (χ4v) is 4.04. The molecule has 100 valence electrons. The Hall–Kier alpha value is -0.510. The number of aliphatic hydroxyl groups excluding tert-OH is 1. The van der Waals surface area contributed by atoms with E-state index in [1.165, 1.54) is 16.9 Å². The minimum atomic E-state index is -0.0306. The van der Waals surface area contributed by atoms with E-state index in [2.05, 4.69) is 43.4 Å². The minimum absolute atomic E-state index is 0.0306. The molecule has 0 heterocycles. The molecule has 1 aromatic carbocycles. The molecule has 3 heteroatoms. The van der Waals surface area contributed by atoms with E-state index in [4.69, 9.17) is 0 Å². The number of nitrogens with one attached hydrogen (secondary N) is 1. The van der Waals surface area contributed by atoms with Crippen LogP contribution in [0.3, 0.4) is 0 Å². The van der Waals surface area contributed by atoms with Gasteiger partial charge in [-0.05, 0) is 44.9 Å². The predicted molar refractivity (Wildman–Crippen MR) is 78.2 cm³/mol. The summed E-state index contributed by atoms with van der Waals surface area (Å²) < 4.78 is 0. The largest absolute Gasteiger partial charge is 0.394 e. The summed E-state index contributed by atoms with van der Waals surface area (Å²) in [4.78, 5) is 1.34. The van der Waals surface area contributed by atoms with Crippen LogP contribution >= 0.6 is 11.8 Å². The third kappa shape index (κ3) is 3.28. The summed E-state index contributed by atoms with van der Waals surface area (Å²) in [7, 11) is 0. The Morgan fingerprint density at radius 3 is 2.72 bits per heavy atom. The molecule has 1 aromatic rings. The van der Waals surface area contributed by atoms with Gasteiger partial charge < -0.3 is 10.4 Å². The molecule has 0 saturated heterocycles. The number of aryl methyl sites for hydroxylation is 1.